The first kappa shape index (κ1) is 5.12. The molecule has 1 aliphatic heterocycles. The van der Waals surface area contributed by atoms with Crippen LogP contribution in [0.25, 0.3) is 4.91 Å². The molecule has 0 atom stereocenters. The molecule has 0 amide bonds. The summed E-state index contributed by atoms with van der Waals surface area (Å²) in [6, 6.07) is 10.4. The van der Waals surface area contributed by atoms with E-state index in [1.165, 1.54) is 10.5 Å². The minimum Gasteiger partial charge on any atom is -0.0957 e. The molecule has 1 heteroatoms. The first-order valence-electron chi connectivity index (χ1n) is 2.89. The molecular formula is C8H6S. The van der Waals surface area contributed by atoms with Crippen molar-refractivity contribution < 1.29 is 0 Å². The molecule has 44 valence electrons. The molecule has 1 aromatic rings. The smallest absolute Gasteiger partial charge is 0.0255 e. The summed E-state index contributed by atoms with van der Waals surface area (Å²) in [5, 5.41) is 2.16. The predicted molar refractivity (Wildman–Crippen MR) is 42.0 cm³/mol. The highest BCUT2D eigenvalue weighted by molar-refractivity contribution is 8.18. The Bertz CT molecular complexity index is 236. The van der Waals surface area contributed by atoms with Crippen molar-refractivity contribution >= 4 is 16.7 Å². The second-order valence-electron chi connectivity index (χ2n) is 1.97. The van der Waals surface area contributed by atoms with Gasteiger partial charge in [0.25, 0.3) is 0 Å². The zero-order valence-corrected chi connectivity index (χ0v) is 5.69. The van der Waals surface area contributed by atoms with E-state index in [1.807, 2.05) is 17.8 Å². The fourth-order valence-electron chi connectivity index (χ4n) is 0.768. The zero-order chi connectivity index (χ0) is 6.10. The molecule has 0 unspecified atom stereocenters. The molecule has 0 nitrogen and oxygen atoms in total. The Morgan fingerprint density at radius 3 is 2.22 bits per heavy atom. The Kier molecular flexibility index (Phi) is 1.09. The lowest BCUT2D eigenvalue weighted by Crippen LogP contribution is -1.66. The normalized spacial score (nSPS) is 14.9. The van der Waals surface area contributed by atoms with Crippen LogP contribution in [0, 0.1) is 0 Å². The van der Waals surface area contributed by atoms with Gasteiger partial charge in [-0.2, -0.15) is 0 Å². The first-order valence-corrected chi connectivity index (χ1v) is 3.77. The van der Waals surface area contributed by atoms with Crippen LogP contribution in [0.5, 0.6) is 0 Å². The average molecular weight is 134 g/mol. The van der Waals surface area contributed by atoms with E-state index < -0.39 is 0 Å². The van der Waals surface area contributed by atoms with Crippen molar-refractivity contribution in [3.63, 3.8) is 0 Å². The number of thioether (sulfide) groups is 1. The molecule has 1 aliphatic rings. The van der Waals surface area contributed by atoms with E-state index in [4.69, 9.17) is 0 Å². The molecule has 0 bridgehead atoms. The Morgan fingerprint density at radius 1 is 1.00 bits per heavy atom. The van der Waals surface area contributed by atoms with Crippen LogP contribution in [0.3, 0.4) is 0 Å². The van der Waals surface area contributed by atoms with Gasteiger partial charge in [-0.25, -0.2) is 0 Å². The van der Waals surface area contributed by atoms with Gasteiger partial charge in [-0.1, -0.05) is 42.1 Å². The maximum atomic E-state index is 2.16. The maximum absolute atomic E-state index is 2.16. The quantitative estimate of drug-likeness (QED) is 0.569. The highest BCUT2D eigenvalue weighted by Crippen LogP contribution is 2.42. The van der Waals surface area contributed by atoms with Crippen LogP contribution in [-0.2, 0) is 0 Å². The molecule has 9 heavy (non-hydrogen) atoms. The summed E-state index contributed by atoms with van der Waals surface area (Å²) in [4.78, 5) is 1.41. The number of benzene rings is 1. The van der Waals surface area contributed by atoms with Gasteiger partial charge >= 0.3 is 0 Å². The van der Waals surface area contributed by atoms with E-state index in [2.05, 4.69) is 29.7 Å². The van der Waals surface area contributed by atoms with Crippen molar-refractivity contribution in [2.24, 2.45) is 0 Å². The minimum atomic E-state index is 1.35. The Hall–Kier alpha value is -0.690. The van der Waals surface area contributed by atoms with E-state index in [1.54, 1.807) is 0 Å². The molecule has 0 fully saturated rings. The molecular weight excluding hydrogens is 128 g/mol. The molecule has 2 rings (SSSR count). The third kappa shape index (κ3) is 1.01. The minimum absolute atomic E-state index is 1.35. The highest BCUT2D eigenvalue weighted by Gasteiger charge is 2.09. The molecule has 1 aromatic carbocycles. The fourth-order valence-corrected chi connectivity index (χ4v) is 1.24. The lowest BCUT2D eigenvalue weighted by Gasteiger charge is -1.87. The van der Waals surface area contributed by atoms with Crippen molar-refractivity contribution in [3.05, 3.63) is 41.3 Å². The average Bonchev–Trinajstić information content (AvgIpc) is 2.71. The molecule has 0 N–H and O–H groups in total. The van der Waals surface area contributed by atoms with Crippen molar-refractivity contribution in [1.82, 2.24) is 0 Å². The van der Waals surface area contributed by atoms with Crippen LogP contribution in [0.2, 0.25) is 0 Å². The summed E-state index contributed by atoms with van der Waals surface area (Å²) in [5.74, 6) is 0. The Balaban J connectivity index is 2.40. The van der Waals surface area contributed by atoms with Crippen molar-refractivity contribution in [3.8, 4) is 0 Å². The number of rotatable bonds is 1. The van der Waals surface area contributed by atoms with Gasteiger partial charge in [0.15, 0.2) is 0 Å². The van der Waals surface area contributed by atoms with Crippen molar-refractivity contribution in [2.45, 2.75) is 0 Å². The molecule has 1 heterocycles. The van der Waals surface area contributed by atoms with Crippen LogP contribution in [-0.4, -0.2) is 0 Å². The zero-order valence-electron chi connectivity index (χ0n) is 4.87. The van der Waals surface area contributed by atoms with Crippen LogP contribution in [0.15, 0.2) is 35.7 Å². The van der Waals surface area contributed by atoms with Crippen LogP contribution < -0.4 is 0 Å². The molecule has 0 aliphatic carbocycles. The van der Waals surface area contributed by atoms with Crippen molar-refractivity contribution in [1.29, 1.82) is 0 Å². The Morgan fingerprint density at radius 2 is 1.67 bits per heavy atom. The molecule has 0 saturated heterocycles. The lowest BCUT2D eigenvalue weighted by molar-refractivity contribution is 1.66. The summed E-state index contributed by atoms with van der Waals surface area (Å²) >= 11 is 1.81. The fraction of sp³-hybridized carbons (Fsp3) is 0. The van der Waals surface area contributed by atoms with Gasteiger partial charge < -0.3 is 0 Å². The largest absolute Gasteiger partial charge is 0.0957 e. The summed E-state index contributed by atoms with van der Waals surface area (Å²) in [6.45, 7) is 0. The molecule has 0 saturated carbocycles. The van der Waals surface area contributed by atoms with E-state index in [0.717, 1.165) is 0 Å². The highest BCUT2D eigenvalue weighted by atomic mass is 32.2. The summed E-state index contributed by atoms with van der Waals surface area (Å²) < 4.78 is 0. The van der Waals surface area contributed by atoms with E-state index in [-0.39, 0.29) is 0 Å². The topological polar surface area (TPSA) is 0 Å². The Labute approximate surface area is 58.6 Å². The van der Waals surface area contributed by atoms with Crippen LogP contribution in [0.1, 0.15) is 5.56 Å². The summed E-state index contributed by atoms with van der Waals surface area (Å²) in [6.07, 6.45) is 0. The van der Waals surface area contributed by atoms with E-state index in [0.29, 0.717) is 0 Å². The third-order valence-corrected chi connectivity index (χ3v) is 2.00. The second-order valence-corrected chi connectivity index (χ2v) is 2.88. The number of hydrogen-bond acceptors (Lipinski definition) is 1. The molecule has 0 aromatic heterocycles. The van der Waals surface area contributed by atoms with E-state index in [9.17, 15) is 0 Å². The second kappa shape index (κ2) is 1.92. The van der Waals surface area contributed by atoms with Gasteiger partial charge in [-0.05, 0) is 11.0 Å². The van der Waals surface area contributed by atoms with Crippen LogP contribution >= 0.6 is 11.8 Å². The summed E-state index contributed by atoms with van der Waals surface area (Å²) in [7, 11) is 0. The van der Waals surface area contributed by atoms with E-state index >= 15 is 0 Å². The SMILES string of the molecule is C1=C(c2ccccc2)S1. The summed E-state index contributed by atoms with van der Waals surface area (Å²) in [5.41, 5.74) is 1.35. The third-order valence-electron chi connectivity index (χ3n) is 1.29. The van der Waals surface area contributed by atoms with Gasteiger partial charge in [-0.3, -0.25) is 0 Å². The first-order chi connectivity index (χ1) is 4.47. The monoisotopic (exact) mass is 134 g/mol. The van der Waals surface area contributed by atoms with Gasteiger partial charge in [-0.15, -0.1) is 0 Å². The van der Waals surface area contributed by atoms with Crippen molar-refractivity contribution in [2.75, 3.05) is 0 Å². The predicted octanol–water partition coefficient (Wildman–Crippen LogP) is 2.73. The molecule has 0 spiro atoms. The van der Waals surface area contributed by atoms with Gasteiger partial charge in [0.05, 0.1) is 0 Å². The van der Waals surface area contributed by atoms with Crippen LogP contribution in [0.4, 0.5) is 0 Å². The standard InChI is InChI=1S/C8H6S/c1-2-4-7(5-3-1)8-6-9-8/h1-6H. The van der Waals surface area contributed by atoms with Gasteiger partial charge in [0.1, 0.15) is 0 Å². The molecule has 0 radical (unpaired) electrons. The maximum Gasteiger partial charge on any atom is 0.0255 e. The van der Waals surface area contributed by atoms with Gasteiger partial charge in [0, 0.05) is 4.91 Å². The number of hydrogen-bond donors (Lipinski definition) is 0. The van der Waals surface area contributed by atoms with Gasteiger partial charge in [0.2, 0.25) is 0 Å². The lowest BCUT2D eigenvalue weighted by atomic mass is 10.2.